The quantitative estimate of drug-likeness (QED) is 0.875. The van der Waals surface area contributed by atoms with Gasteiger partial charge in [-0.2, -0.15) is 0 Å². The van der Waals surface area contributed by atoms with Crippen molar-refractivity contribution in [3.05, 3.63) is 59.7 Å². The first kappa shape index (κ1) is 13.2. The van der Waals surface area contributed by atoms with Crippen molar-refractivity contribution in [2.45, 2.75) is 6.23 Å². The minimum Gasteiger partial charge on any atom is -0.497 e. The van der Waals surface area contributed by atoms with E-state index in [2.05, 4.69) is 5.32 Å². The molecule has 1 aliphatic rings. The number of carbonyl (C=O) groups is 2. The van der Waals surface area contributed by atoms with Crippen molar-refractivity contribution in [2.75, 3.05) is 7.11 Å². The Balaban J connectivity index is 1.84. The van der Waals surface area contributed by atoms with Gasteiger partial charge in [-0.3, -0.25) is 9.59 Å². The number of nitrogens with one attached hydrogen (secondary N) is 1. The molecule has 3 rings (SSSR count). The number of hydrogen-bond donors (Lipinski definition) is 1. The molecule has 106 valence electrons. The number of carbonyl (C=O) groups excluding carboxylic acids is 2. The highest BCUT2D eigenvalue weighted by molar-refractivity contribution is 6.06. The number of rotatable bonds is 3. The summed E-state index contributed by atoms with van der Waals surface area (Å²) in [5, 5.41) is 2.56. The second kappa shape index (κ2) is 5.28. The number of ether oxygens (including phenoxy) is 2. The van der Waals surface area contributed by atoms with Gasteiger partial charge >= 0.3 is 0 Å². The molecule has 1 atom stereocenters. The van der Waals surface area contributed by atoms with Gasteiger partial charge in [0.25, 0.3) is 5.91 Å². The molecule has 1 unspecified atom stereocenters. The molecule has 5 nitrogen and oxygen atoms in total. The maximum absolute atomic E-state index is 12.4. The minimum atomic E-state index is -1.01. The average Bonchev–Trinajstić information content (AvgIpc) is 2.54. The Labute approximate surface area is 121 Å². The van der Waals surface area contributed by atoms with Gasteiger partial charge in [0.2, 0.25) is 12.0 Å². The van der Waals surface area contributed by atoms with Crippen LogP contribution in [0.1, 0.15) is 20.7 Å². The van der Waals surface area contributed by atoms with Crippen LogP contribution in [0.4, 0.5) is 0 Å². The molecule has 0 saturated heterocycles. The molecule has 2 aromatic carbocycles. The number of para-hydroxylation sites is 1. The molecule has 0 spiro atoms. The summed E-state index contributed by atoms with van der Waals surface area (Å²) in [6.45, 7) is 0. The molecular formula is C16H13NO4. The van der Waals surface area contributed by atoms with Gasteiger partial charge in [0.1, 0.15) is 11.5 Å². The predicted molar refractivity (Wildman–Crippen MR) is 75.6 cm³/mol. The smallest absolute Gasteiger partial charge is 0.258 e. The Morgan fingerprint density at radius 2 is 1.86 bits per heavy atom. The lowest BCUT2D eigenvalue weighted by Crippen LogP contribution is -2.48. The number of methoxy groups -OCH3 is 1. The highest BCUT2D eigenvalue weighted by atomic mass is 16.5. The molecule has 1 amide bonds. The molecule has 0 aromatic heterocycles. The topological polar surface area (TPSA) is 64.6 Å². The zero-order valence-electron chi connectivity index (χ0n) is 11.3. The Bertz CT molecular complexity index is 694. The monoisotopic (exact) mass is 283 g/mol. The molecule has 2 aromatic rings. The van der Waals surface area contributed by atoms with Crippen molar-refractivity contribution < 1.29 is 19.1 Å². The molecule has 5 heteroatoms. The van der Waals surface area contributed by atoms with Crippen molar-refractivity contribution in [3.63, 3.8) is 0 Å². The largest absolute Gasteiger partial charge is 0.497 e. The van der Waals surface area contributed by atoms with E-state index >= 15 is 0 Å². The molecule has 0 bridgehead atoms. The predicted octanol–water partition coefficient (Wildman–Crippen LogP) is 2.03. The summed E-state index contributed by atoms with van der Waals surface area (Å²) in [4.78, 5) is 24.3. The highest BCUT2D eigenvalue weighted by Crippen LogP contribution is 2.24. The van der Waals surface area contributed by atoms with Gasteiger partial charge in [0.05, 0.1) is 12.7 Å². The minimum absolute atomic E-state index is 0.305. The lowest BCUT2D eigenvalue weighted by Gasteiger charge is -2.25. The zero-order valence-corrected chi connectivity index (χ0v) is 11.3. The van der Waals surface area contributed by atoms with Crippen molar-refractivity contribution >= 4 is 11.7 Å². The Kier molecular flexibility index (Phi) is 3.31. The first-order valence-corrected chi connectivity index (χ1v) is 6.44. The summed E-state index contributed by atoms with van der Waals surface area (Å²) in [7, 11) is 1.55. The molecule has 21 heavy (non-hydrogen) atoms. The maximum Gasteiger partial charge on any atom is 0.258 e. The molecule has 0 aliphatic carbocycles. The van der Waals surface area contributed by atoms with E-state index in [0.29, 0.717) is 22.6 Å². The third-order valence-electron chi connectivity index (χ3n) is 3.25. The molecule has 0 radical (unpaired) electrons. The molecule has 0 saturated carbocycles. The summed E-state index contributed by atoms with van der Waals surface area (Å²) < 4.78 is 10.6. The normalized spacial score (nSPS) is 16.4. The molecular weight excluding hydrogens is 270 g/mol. The van der Waals surface area contributed by atoms with E-state index in [9.17, 15) is 9.59 Å². The van der Waals surface area contributed by atoms with E-state index in [1.54, 1.807) is 55.6 Å². The van der Waals surface area contributed by atoms with Gasteiger partial charge < -0.3 is 14.8 Å². The van der Waals surface area contributed by atoms with Crippen LogP contribution in [0.5, 0.6) is 11.5 Å². The zero-order chi connectivity index (χ0) is 14.8. The van der Waals surface area contributed by atoms with E-state index in [4.69, 9.17) is 9.47 Å². The van der Waals surface area contributed by atoms with Gasteiger partial charge in [-0.1, -0.05) is 12.1 Å². The molecule has 1 aliphatic heterocycles. The first-order valence-electron chi connectivity index (χ1n) is 6.44. The van der Waals surface area contributed by atoms with Gasteiger partial charge in [-0.25, -0.2) is 0 Å². The third-order valence-corrected chi connectivity index (χ3v) is 3.25. The van der Waals surface area contributed by atoms with Crippen LogP contribution < -0.4 is 14.8 Å². The number of Topliss-reactive ketones (excluding diaryl/α,β-unsaturated/α-hetero) is 1. The standard InChI is InChI=1S/C16H13NO4/c1-20-11-8-6-10(7-9-11)14(18)16-17-15(19)12-4-2-3-5-13(12)21-16/h2-9,16H,1H3,(H,17,19). The van der Waals surface area contributed by atoms with Crippen molar-refractivity contribution in [3.8, 4) is 11.5 Å². The fraction of sp³-hybridized carbons (Fsp3) is 0.125. The summed E-state index contributed by atoms with van der Waals surface area (Å²) in [5.41, 5.74) is 0.872. The second-order valence-electron chi connectivity index (χ2n) is 4.56. The Morgan fingerprint density at radius 3 is 2.57 bits per heavy atom. The van der Waals surface area contributed by atoms with Crippen LogP contribution in [0.15, 0.2) is 48.5 Å². The van der Waals surface area contributed by atoms with E-state index < -0.39 is 6.23 Å². The van der Waals surface area contributed by atoms with Crippen LogP contribution in [0.2, 0.25) is 0 Å². The lowest BCUT2D eigenvalue weighted by molar-refractivity contribution is 0.0610. The summed E-state index contributed by atoms with van der Waals surface area (Å²) in [6.07, 6.45) is -1.01. The summed E-state index contributed by atoms with van der Waals surface area (Å²) >= 11 is 0. The number of benzene rings is 2. The maximum atomic E-state index is 12.4. The fourth-order valence-corrected chi connectivity index (χ4v) is 2.14. The number of ketones is 1. The van der Waals surface area contributed by atoms with Gasteiger partial charge in [-0.15, -0.1) is 0 Å². The summed E-state index contributed by atoms with van der Waals surface area (Å²) in [6, 6.07) is 13.5. The Morgan fingerprint density at radius 1 is 1.14 bits per heavy atom. The van der Waals surface area contributed by atoms with Crippen LogP contribution >= 0.6 is 0 Å². The van der Waals surface area contributed by atoms with E-state index in [1.807, 2.05) is 0 Å². The van der Waals surface area contributed by atoms with E-state index in [1.165, 1.54) is 0 Å². The van der Waals surface area contributed by atoms with E-state index in [0.717, 1.165) is 0 Å². The van der Waals surface area contributed by atoms with Gasteiger partial charge in [0, 0.05) is 5.56 Å². The highest BCUT2D eigenvalue weighted by Gasteiger charge is 2.30. The average molecular weight is 283 g/mol. The lowest BCUT2D eigenvalue weighted by atomic mass is 10.1. The molecule has 1 heterocycles. The number of hydrogen-bond acceptors (Lipinski definition) is 4. The molecule has 1 N–H and O–H groups in total. The van der Waals surface area contributed by atoms with Crippen LogP contribution in [0, 0.1) is 0 Å². The van der Waals surface area contributed by atoms with Gasteiger partial charge in [0.15, 0.2) is 0 Å². The fourth-order valence-electron chi connectivity index (χ4n) is 2.14. The van der Waals surface area contributed by atoms with Crippen LogP contribution in [0.25, 0.3) is 0 Å². The second-order valence-corrected chi connectivity index (χ2v) is 4.56. The van der Waals surface area contributed by atoms with Crippen molar-refractivity contribution in [2.24, 2.45) is 0 Å². The Hall–Kier alpha value is -2.82. The first-order chi connectivity index (χ1) is 10.2. The van der Waals surface area contributed by atoms with Crippen LogP contribution in [-0.2, 0) is 0 Å². The number of fused-ring (bicyclic) bond motifs is 1. The van der Waals surface area contributed by atoms with E-state index in [-0.39, 0.29) is 11.7 Å². The SMILES string of the molecule is COc1ccc(C(=O)C2NC(=O)c3ccccc3O2)cc1. The summed E-state index contributed by atoms with van der Waals surface area (Å²) in [5.74, 6) is 0.447. The third kappa shape index (κ3) is 2.45. The van der Waals surface area contributed by atoms with Crippen molar-refractivity contribution in [1.29, 1.82) is 0 Å². The van der Waals surface area contributed by atoms with Gasteiger partial charge in [-0.05, 0) is 36.4 Å². The van der Waals surface area contributed by atoms with Crippen LogP contribution in [0.3, 0.4) is 0 Å². The molecule has 0 fully saturated rings. The van der Waals surface area contributed by atoms with Crippen molar-refractivity contribution in [1.82, 2.24) is 5.32 Å². The number of amides is 1. The van der Waals surface area contributed by atoms with Crippen LogP contribution in [-0.4, -0.2) is 25.0 Å².